The van der Waals surface area contributed by atoms with Crippen molar-refractivity contribution in [3.8, 4) is 0 Å². The fourth-order valence-electron chi connectivity index (χ4n) is 2.93. The molecule has 0 aliphatic rings. The molecule has 0 fully saturated rings. The van der Waals surface area contributed by atoms with E-state index in [-0.39, 0.29) is 18.9 Å². The Morgan fingerprint density at radius 2 is 0.870 bits per heavy atom. The summed E-state index contributed by atoms with van der Waals surface area (Å²) < 4.78 is 0. The second kappa shape index (κ2) is 7.33. The molecular weight excluding hydrogens is 279 g/mol. The van der Waals surface area contributed by atoms with Crippen molar-refractivity contribution in [1.82, 2.24) is 0 Å². The number of carbonyl (C=O) groups is 1. The maximum absolute atomic E-state index is 12.4. The number of benzene rings is 3. The van der Waals surface area contributed by atoms with E-state index in [4.69, 9.17) is 0 Å². The molecule has 0 heterocycles. The summed E-state index contributed by atoms with van der Waals surface area (Å²) in [5.74, 6) is -0.879. The quantitative estimate of drug-likeness (QED) is 0.591. The van der Waals surface area contributed by atoms with E-state index in [0.717, 1.165) is 16.7 Å². The fraction of sp³-hybridized carbons (Fsp3) is 0.0500. The van der Waals surface area contributed by atoms with E-state index in [9.17, 15) is 9.90 Å². The average molecular weight is 296 g/mol. The predicted octanol–water partition coefficient (Wildman–Crippen LogP) is 3.46. The van der Waals surface area contributed by atoms with Crippen LogP contribution in [0.4, 0.5) is 0 Å². The Morgan fingerprint density at radius 1 is 0.609 bits per heavy atom. The molecule has 2 nitrogen and oxygen atoms in total. The molecule has 23 heavy (non-hydrogen) atoms. The van der Waals surface area contributed by atoms with Crippen molar-refractivity contribution in [2.24, 2.45) is 0 Å². The van der Waals surface area contributed by atoms with Crippen molar-refractivity contribution < 1.29 is 9.90 Å². The van der Waals surface area contributed by atoms with E-state index in [0.29, 0.717) is 0 Å². The van der Waals surface area contributed by atoms with Crippen LogP contribution >= 0.6 is 0 Å². The van der Waals surface area contributed by atoms with Crippen LogP contribution in [-0.4, -0.2) is 29.9 Å². The zero-order valence-corrected chi connectivity index (χ0v) is 12.0. The summed E-state index contributed by atoms with van der Waals surface area (Å²) in [6.07, 6.45) is 0. The van der Waals surface area contributed by atoms with Crippen molar-refractivity contribution in [2.45, 2.75) is 5.41 Å². The number of carboxylic acid groups (broad SMARTS) is 1. The Morgan fingerprint density at radius 3 is 1.09 bits per heavy atom. The number of carboxylic acids is 1. The molecular formula is C20H17LiO2. The predicted molar refractivity (Wildman–Crippen MR) is 94.0 cm³/mol. The zero-order chi connectivity index (χ0) is 15.4. The molecule has 3 rings (SSSR count). The summed E-state index contributed by atoms with van der Waals surface area (Å²) in [4.78, 5) is 12.4. The van der Waals surface area contributed by atoms with Gasteiger partial charge >= 0.3 is 24.8 Å². The summed E-state index contributed by atoms with van der Waals surface area (Å²) in [5.41, 5.74) is 1.05. The molecule has 0 saturated carbocycles. The number of hydrogen-bond donors (Lipinski definition) is 1. The van der Waals surface area contributed by atoms with Gasteiger partial charge in [-0.25, -0.2) is 0 Å². The molecule has 3 heteroatoms. The molecule has 0 aromatic heterocycles. The van der Waals surface area contributed by atoms with Crippen molar-refractivity contribution >= 4 is 24.8 Å². The van der Waals surface area contributed by atoms with Gasteiger partial charge in [0.25, 0.3) is 0 Å². The Bertz CT molecular complexity index is 659. The third-order valence-electron chi connectivity index (χ3n) is 3.94. The van der Waals surface area contributed by atoms with Crippen molar-refractivity contribution in [3.63, 3.8) is 0 Å². The third kappa shape index (κ3) is 2.96. The monoisotopic (exact) mass is 296 g/mol. The van der Waals surface area contributed by atoms with Gasteiger partial charge in [-0.2, -0.15) is 0 Å². The first-order valence-electron chi connectivity index (χ1n) is 7.16. The van der Waals surface area contributed by atoms with Gasteiger partial charge in [0.05, 0.1) is 0 Å². The van der Waals surface area contributed by atoms with Gasteiger partial charge in [0.1, 0.15) is 5.41 Å². The van der Waals surface area contributed by atoms with Crippen LogP contribution < -0.4 is 0 Å². The van der Waals surface area contributed by atoms with Crippen LogP contribution in [0.15, 0.2) is 91.0 Å². The van der Waals surface area contributed by atoms with E-state index < -0.39 is 11.4 Å². The van der Waals surface area contributed by atoms with E-state index >= 15 is 0 Å². The second-order valence-electron chi connectivity index (χ2n) is 5.15. The van der Waals surface area contributed by atoms with Gasteiger partial charge in [0.15, 0.2) is 0 Å². The molecule has 1 N–H and O–H groups in total. The van der Waals surface area contributed by atoms with Crippen LogP contribution in [0.3, 0.4) is 0 Å². The van der Waals surface area contributed by atoms with Gasteiger partial charge < -0.3 is 5.11 Å². The van der Waals surface area contributed by atoms with Gasteiger partial charge in [-0.15, -0.1) is 0 Å². The second-order valence-corrected chi connectivity index (χ2v) is 5.15. The first kappa shape index (κ1) is 17.1. The molecule has 3 aromatic rings. The summed E-state index contributed by atoms with van der Waals surface area (Å²) >= 11 is 0. The van der Waals surface area contributed by atoms with Gasteiger partial charge in [-0.1, -0.05) is 91.0 Å². The molecule has 0 bridgehead atoms. The first-order valence-corrected chi connectivity index (χ1v) is 7.16. The minimum atomic E-state index is -1.20. The van der Waals surface area contributed by atoms with Crippen molar-refractivity contribution in [2.75, 3.05) is 0 Å². The topological polar surface area (TPSA) is 37.3 Å². The zero-order valence-electron chi connectivity index (χ0n) is 12.0. The van der Waals surface area contributed by atoms with Crippen LogP contribution in [0.1, 0.15) is 16.7 Å². The molecule has 0 saturated heterocycles. The molecule has 0 radical (unpaired) electrons. The summed E-state index contributed by atoms with van der Waals surface area (Å²) in [6, 6.07) is 28.1. The van der Waals surface area contributed by atoms with Gasteiger partial charge in [0, 0.05) is 0 Å². The average Bonchev–Trinajstić information content (AvgIpc) is 2.58. The maximum atomic E-state index is 12.4. The Labute approximate surface area is 148 Å². The number of hydrogen-bond acceptors (Lipinski definition) is 1. The molecule has 110 valence electrons. The summed E-state index contributed by atoms with van der Waals surface area (Å²) in [7, 11) is 0. The number of aliphatic carboxylic acids is 1. The van der Waals surface area contributed by atoms with Crippen molar-refractivity contribution in [1.29, 1.82) is 0 Å². The Hall–Kier alpha value is -2.27. The third-order valence-corrected chi connectivity index (χ3v) is 3.94. The van der Waals surface area contributed by atoms with Gasteiger partial charge in [-0.3, -0.25) is 4.79 Å². The van der Waals surface area contributed by atoms with Gasteiger partial charge in [-0.05, 0) is 16.7 Å². The molecule has 3 aromatic carbocycles. The van der Waals surface area contributed by atoms with Crippen LogP contribution in [0.25, 0.3) is 0 Å². The molecule has 0 aliphatic carbocycles. The van der Waals surface area contributed by atoms with Crippen molar-refractivity contribution in [3.05, 3.63) is 108 Å². The van der Waals surface area contributed by atoms with E-state index in [2.05, 4.69) is 0 Å². The summed E-state index contributed by atoms with van der Waals surface area (Å²) in [5, 5.41) is 10.2. The standard InChI is InChI=1S/C20H16O2.Li.H/c21-19(22)20(16-10-4-1-5-11-16,17-12-6-2-7-13-17)18-14-8-3-9-15-18;;/h1-15H,(H,21,22);;. The van der Waals surface area contributed by atoms with Crippen LogP contribution in [0.5, 0.6) is 0 Å². The fourth-order valence-corrected chi connectivity index (χ4v) is 2.93. The van der Waals surface area contributed by atoms with Crippen LogP contribution in [0.2, 0.25) is 0 Å². The van der Waals surface area contributed by atoms with Gasteiger partial charge in [0.2, 0.25) is 0 Å². The van der Waals surface area contributed by atoms with Crippen LogP contribution in [0, 0.1) is 0 Å². The van der Waals surface area contributed by atoms with Crippen LogP contribution in [-0.2, 0) is 10.2 Å². The molecule has 0 spiro atoms. The SMILES string of the molecule is O=C(O)C(c1ccccc1)(c1ccccc1)c1ccccc1.[LiH]. The Kier molecular flexibility index (Phi) is 5.44. The van der Waals surface area contributed by atoms with E-state index in [1.54, 1.807) is 0 Å². The molecule has 0 amide bonds. The molecule has 0 atom stereocenters. The summed E-state index contributed by atoms with van der Waals surface area (Å²) in [6.45, 7) is 0. The number of rotatable bonds is 4. The normalized spacial score (nSPS) is 10.6. The minimum absolute atomic E-state index is 0. The molecule has 0 aliphatic heterocycles. The van der Waals surface area contributed by atoms with E-state index in [1.807, 2.05) is 91.0 Å². The molecule has 0 unspecified atom stereocenters. The Balaban J connectivity index is 0.00000192. The van der Waals surface area contributed by atoms with E-state index in [1.165, 1.54) is 0 Å². The first-order chi connectivity index (χ1) is 10.8.